The Morgan fingerprint density at radius 3 is 2.42 bits per heavy atom. The van der Waals surface area contributed by atoms with Gasteiger partial charge in [0.1, 0.15) is 25.4 Å². The van der Waals surface area contributed by atoms with Crippen LogP contribution in [0.3, 0.4) is 0 Å². The topological polar surface area (TPSA) is 29.5 Å². The molecule has 0 radical (unpaired) electrons. The zero-order chi connectivity index (χ0) is 18.4. The molecule has 3 rings (SSSR count). The minimum absolute atomic E-state index is 0.148. The van der Waals surface area contributed by atoms with Crippen LogP contribution in [0.15, 0.2) is 48.5 Å². The van der Waals surface area contributed by atoms with E-state index in [4.69, 9.17) is 4.74 Å². The molecule has 1 saturated heterocycles. The maximum atomic E-state index is 10.1. The van der Waals surface area contributed by atoms with Crippen LogP contribution in [0.4, 0.5) is 0 Å². The van der Waals surface area contributed by atoms with Gasteiger partial charge < -0.3 is 14.3 Å². The van der Waals surface area contributed by atoms with Crippen molar-refractivity contribution in [3.63, 3.8) is 0 Å². The molecule has 0 aromatic heterocycles. The smallest absolute Gasteiger partial charge is 0.137 e. The molecule has 0 spiro atoms. The number of nitrogens with zero attached hydrogens (tertiary/aromatic N) is 1. The zero-order valence-electron chi connectivity index (χ0n) is 16.2. The molecule has 1 aliphatic heterocycles. The second kappa shape index (κ2) is 8.70. The van der Waals surface area contributed by atoms with E-state index in [-0.39, 0.29) is 6.10 Å². The number of quaternary nitrogens is 1. The lowest BCUT2D eigenvalue weighted by atomic mass is 10.1. The third-order valence-electron chi connectivity index (χ3n) is 5.69. The lowest BCUT2D eigenvalue weighted by molar-refractivity contribution is -0.940. The number of aliphatic hydroxyl groups is 1. The van der Waals surface area contributed by atoms with Crippen molar-refractivity contribution in [3.8, 4) is 5.75 Å². The van der Waals surface area contributed by atoms with Crippen LogP contribution in [0.1, 0.15) is 36.0 Å². The second-order valence-corrected chi connectivity index (χ2v) is 7.81. The van der Waals surface area contributed by atoms with Crippen LogP contribution in [-0.2, 0) is 6.54 Å². The highest BCUT2D eigenvalue weighted by Crippen LogP contribution is 2.25. The highest BCUT2D eigenvalue weighted by molar-refractivity contribution is 5.39. The molecule has 1 N–H and O–H groups in total. The van der Waals surface area contributed by atoms with Crippen LogP contribution >= 0.6 is 0 Å². The van der Waals surface area contributed by atoms with E-state index >= 15 is 0 Å². The van der Waals surface area contributed by atoms with E-state index in [0.29, 0.717) is 6.61 Å². The minimum atomic E-state index is -0.148. The van der Waals surface area contributed by atoms with Gasteiger partial charge in [-0.15, -0.1) is 0 Å². The SMILES string of the molecule is Cc1cccc(C)c1OCC[N+]1(Cc2ccccc2)CCCC(O)CC1. The van der Waals surface area contributed by atoms with Gasteiger partial charge in [0.05, 0.1) is 19.2 Å². The van der Waals surface area contributed by atoms with Crippen LogP contribution in [0.5, 0.6) is 5.75 Å². The Morgan fingerprint density at radius 2 is 1.69 bits per heavy atom. The van der Waals surface area contributed by atoms with Crippen molar-refractivity contribution in [3.05, 3.63) is 65.2 Å². The quantitative estimate of drug-likeness (QED) is 0.786. The van der Waals surface area contributed by atoms with E-state index in [2.05, 4.69) is 62.4 Å². The van der Waals surface area contributed by atoms with Gasteiger partial charge in [0.25, 0.3) is 0 Å². The maximum Gasteiger partial charge on any atom is 0.137 e. The van der Waals surface area contributed by atoms with Crippen molar-refractivity contribution in [2.45, 2.75) is 45.8 Å². The Morgan fingerprint density at radius 1 is 0.962 bits per heavy atom. The van der Waals surface area contributed by atoms with Crippen LogP contribution < -0.4 is 4.74 Å². The molecule has 0 saturated carbocycles. The minimum Gasteiger partial charge on any atom is -0.487 e. The molecular weight excluding hydrogens is 322 g/mol. The summed E-state index contributed by atoms with van der Waals surface area (Å²) in [7, 11) is 0. The van der Waals surface area contributed by atoms with Gasteiger partial charge in [-0.2, -0.15) is 0 Å². The molecule has 2 unspecified atom stereocenters. The van der Waals surface area contributed by atoms with Crippen molar-refractivity contribution in [2.24, 2.45) is 0 Å². The number of aryl methyl sites for hydroxylation is 2. The molecule has 3 nitrogen and oxygen atoms in total. The molecule has 1 fully saturated rings. The molecule has 26 heavy (non-hydrogen) atoms. The van der Waals surface area contributed by atoms with Gasteiger partial charge in [-0.05, 0) is 37.8 Å². The fourth-order valence-corrected chi connectivity index (χ4v) is 4.14. The van der Waals surface area contributed by atoms with Gasteiger partial charge in [0, 0.05) is 12.0 Å². The van der Waals surface area contributed by atoms with Crippen molar-refractivity contribution >= 4 is 0 Å². The van der Waals surface area contributed by atoms with Crippen LogP contribution in [0, 0.1) is 13.8 Å². The van der Waals surface area contributed by atoms with E-state index in [0.717, 1.165) is 55.7 Å². The van der Waals surface area contributed by atoms with Crippen LogP contribution in [0.25, 0.3) is 0 Å². The first-order chi connectivity index (χ1) is 12.6. The summed E-state index contributed by atoms with van der Waals surface area (Å²) in [5.41, 5.74) is 3.77. The molecule has 0 bridgehead atoms. The number of hydrogen-bond acceptors (Lipinski definition) is 2. The largest absolute Gasteiger partial charge is 0.487 e. The fourth-order valence-electron chi connectivity index (χ4n) is 4.14. The van der Waals surface area contributed by atoms with Crippen LogP contribution in [-0.4, -0.2) is 41.9 Å². The monoisotopic (exact) mass is 354 g/mol. The standard InChI is InChI=1S/C23H32NO2/c1-19-8-6-9-20(2)23(19)26-17-16-24(14-7-12-22(25)13-15-24)18-21-10-4-3-5-11-21/h3-6,8-11,22,25H,7,12-18H2,1-2H3/q+1. The highest BCUT2D eigenvalue weighted by Gasteiger charge is 2.31. The Balaban J connectivity index is 1.71. The van der Waals surface area contributed by atoms with Crippen LogP contribution in [0.2, 0.25) is 0 Å². The molecule has 2 aromatic carbocycles. The number of ether oxygens (including phenoxy) is 1. The summed E-state index contributed by atoms with van der Waals surface area (Å²) in [5.74, 6) is 1.03. The summed E-state index contributed by atoms with van der Waals surface area (Å²) in [6, 6.07) is 17.0. The predicted molar refractivity (Wildman–Crippen MR) is 106 cm³/mol. The van der Waals surface area contributed by atoms with Gasteiger partial charge >= 0.3 is 0 Å². The molecule has 140 valence electrons. The molecule has 1 heterocycles. The van der Waals surface area contributed by atoms with E-state index in [1.165, 1.54) is 16.7 Å². The first-order valence-corrected chi connectivity index (χ1v) is 9.84. The van der Waals surface area contributed by atoms with Gasteiger partial charge in [0.2, 0.25) is 0 Å². The zero-order valence-corrected chi connectivity index (χ0v) is 16.2. The highest BCUT2D eigenvalue weighted by atomic mass is 16.5. The molecular formula is C23H32NO2+. The predicted octanol–water partition coefficient (Wildman–Crippen LogP) is 4.24. The Kier molecular flexibility index (Phi) is 6.33. The molecule has 2 aromatic rings. The Labute approximate surface area is 157 Å². The average molecular weight is 355 g/mol. The van der Waals surface area contributed by atoms with Gasteiger partial charge in [-0.3, -0.25) is 0 Å². The van der Waals surface area contributed by atoms with Gasteiger partial charge in [-0.1, -0.05) is 48.5 Å². The number of benzene rings is 2. The van der Waals surface area contributed by atoms with E-state index in [9.17, 15) is 5.11 Å². The summed E-state index contributed by atoms with van der Waals surface area (Å²) in [6.07, 6.45) is 2.74. The Hall–Kier alpha value is -1.84. The van der Waals surface area contributed by atoms with E-state index in [1.807, 2.05) is 0 Å². The third-order valence-corrected chi connectivity index (χ3v) is 5.69. The Bertz CT molecular complexity index is 680. The summed E-state index contributed by atoms with van der Waals surface area (Å²) in [4.78, 5) is 0. The third kappa shape index (κ3) is 4.87. The second-order valence-electron chi connectivity index (χ2n) is 7.81. The first-order valence-electron chi connectivity index (χ1n) is 9.84. The number of aliphatic hydroxyl groups excluding tert-OH is 1. The number of hydrogen-bond donors (Lipinski definition) is 1. The van der Waals surface area contributed by atoms with E-state index in [1.54, 1.807) is 0 Å². The maximum absolute atomic E-state index is 10.1. The van der Waals surface area contributed by atoms with Crippen molar-refractivity contribution in [1.82, 2.24) is 0 Å². The molecule has 3 heteroatoms. The average Bonchev–Trinajstić information content (AvgIpc) is 2.81. The normalized spacial score (nSPS) is 23.4. The van der Waals surface area contributed by atoms with Crippen molar-refractivity contribution in [2.75, 3.05) is 26.2 Å². The molecule has 1 aliphatic rings. The van der Waals surface area contributed by atoms with Gasteiger partial charge in [-0.25, -0.2) is 0 Å². The lowest BCUT2D eigenvalue weighted by Gasteiger charge is -2.38. The first kappa shape index (κ1) is 18.9. The lowest BCUT2D eigenvalue weighted by Crippen LogP contribution is -2.50. The summed E-state index contributed by atoms with van der Waals surface area (Å²) in [6.45, 7) is 9.07. The van der Waals surface area contributed by atoms with E-state index < -0.39 is 0 Å². The number of likely N-dealkylation sites (tertiary alicyclic amines) is 1. The fraction of sp³-hybridized carbons (Fsp3) is 0.478. The van der Waals surface area contributed by atoms with Crippen molar-refractivity contribution < 1.29 is 14.3 Å². The number of para-hydroxylation sites is 1. The molecule has 0 aliphatic carbocycles. The summed E-state index contributed by atoms with van der Waals surface area (Å²) >= 11 is 0. The number of rotatable bonds is 6. The van der Waals surface area contributed by atoms with Gasteiger partial charge in [0.15, 0.2) is 0 Å². The summed E-state index contributed by atoms with van der Waals surface area (Å²) in [5, 5.41) is 10.1. The summed E-state index contributed by atoms with van der Waals surface area (Å²) < 4.78 is 7.23. The van der Waals surface area contributed by atoms with Crippen molar-refractivity contribution in [1.29, 1.82) is 0 Å². The molecule has 0 amide bonds. The molecule has 2 atom stereocenters.